The van der Waals surface area contributed by atoms with Gasteiger partial charge in [0.15, 0.2) is 11.5 Å². The molecule has 0 saturated carbocycles. The maximum atomic E-state index is 10.3. The lowest BCUT2D eigenvalue weighted by Crippen LogP contribution is -2.25. The van der Waals surface area contributed by atoms with E-state index >= 15 is 0 Å². The predicted octanol–water partition coefficient (Wildman–Crippen LogP) is 4.68. The third kappa shape index (κ3) is 4.48. The van der Waals surface area contributed by atoms with Gasteiger partial charge in [-0.3, -0.25) is 0 Å². The van der Waals surface area contributed by atoms with Gasteiger partial charge in [0, 0.05) is 18.5 Å². The second-order valence-electron chi connectivity index (χ2n) is 6.89. The average Bonchev–Trinajstić information content (AvgIpc) is 2.74. The Morgan fingerprint density at radius 3 is 2.48 bits per heavy atom. The number of ether oxygens (including phenoxy) is 2. The molecule has 0 bridgehead atoms. The molecular weight excluding hydrogens is 390 g/mol. The summed E-state index contributed by atoms with van der Waals surface area (Å²) in [5, 5.41) is 20.4. The van der Waals surface area contributed by atoms with Crippen LogP contribution in [0, 0.1) is 0 Å². The van der Waals surface area contributed by atoms with Crippen molar-refractivity contribution in [1.82, 2.24) is 0 Å². The first kappa shape index (κ1) is 21.0. The van der Waals surface area contributed by atoms with E-state index in [0.29, 0.717) is 18.7 Å². The van der Waals surface area contributed by atoms with E-state index in [1.807, 2.05) is 60.7 Å². The van der Waals surface area contributed by atoms with Gasteiger partial charge in [-0.2, -0.15) is 0 Å². The molecule has 1 aliphatic carbocycles. The highest BCUT2D eigenvalue weighted by Crippen LogP contribution is 2.33. The van der Waals surface area contributed by atoms with Gasteiger partial charge in [0.2, 0.25) is 0 Å². The van der Waals surface area contributed by atoms with Crippen molar-refractivity contribution < 1.29 is 19.7 Å². The standard InChI is InChI=1S/C23H23NO4.ClH/c24-13-22-19-9-5-4-8-16(19)10-18(28-22)14-27-21-12-17(11-20(25)23(21)26)15-6-2-1-3-7-15;/h1-11,21-22,25-26H,12-14,24H2;1H. The van der Waals surface area contributed by atoms with E-state index in [9.17, 15) is 10.2 Å². The van der Waals surface area contributed by atoms with E-state index in [1.165, 1.54) is 0 Å². The lowest BCUT2D eigenvalue weighted by atomic mass is 9.94. The molecule has 1 aliphatic heterocycles. The number of benzene rings is 2. The van der Waals surface area contributed by atoms with Gasteiger partial charge < -0.3 is 25.4 Å². The summed E-state index contributed by atoms with van der Waals surface area (Å²) in [5.74, 6) is 0.322. The monoisotopic (exact) mass is 413 g/mol. The number of aliphatic hydroxyl groups excluding tert-OH is 2. The Labute approximate surface area is 176 Å². The van der Waals surface area contributed by atoms with Gasteiger partial charge in [0.25, 0.3) is 0 Å². The molecule has 0 amide bonds. The van der Waals surface area contributed by atoms with Crippen molar-refractivity contribution in [2.75, 3.05) is 13.2 Å². The summed E-state index contributed by atoms with van der Waals surface area (Å²) in [6, 6.07) is 17.7. The zero-order chi connectivity index (χ0) is 19.5. The third-order valence-electron chi connectivity index (χ3n) is 5.02. The summed E-state index contributed by atoms with van der Waals surface area (Å²) >= 11 is 0. The number of hydrogen-bond acceptors (Lipinski definition) is 5. The Hall–Kier alpha value is -2.73. The quantitative estimate of drug-likeness (QED) is 0.662. The van der Waals surface area contributed by atoms with Crippen LogP contribution < -0.4 is 5.73 Å². The molecule has 29 heavy (non-hydrogen) atoms. The maximum absolute atomic E-state index is 10.3. The second-order valence-corrected chi connectivity index (χ2v) is 6.89. The lowest BCUT2D eigenvalue weighted by Gasteiger charge is -2.28. The fourth-order valence-electron chi connectivity index (χ4n) is 3.57. The van der Waals surface area contributed by atoms with Crippen LogP contribution in [0.4, 0.5) is 0 Å². The van der Waals surface area contributed by atoms with Gasteiger partial charge in [-0.25, -0.2) is 0 Å². The zero-order valence-corrected chi connectivity index (χ0v) is 16.6. The summed E-state index contributed by atoms with van der Waals surface area (Å²) in [5.41, 5.74) is 9.87. The number of nitrogens with two attached hydrogens (primary N) is 1. The summed E-state index contributed by atoms with van der Waals surface area (Å²) in [7, 11) is 0. The maximum Gasteiger partial charge on any atom is 0.163 e. The van der Waals surface area contributed by atoms with Gasteiger partial charge in [-0.15, -0.1) is 12.4 Å². The molecule has 1 heterocycles. The van der Waals surface area contributed by atoms with Crippen LogP contribution in [0.15, 0.2) is 78.0 Å². The van der Waals surface area contributed by atoms with Gasteiger partial charge in [-0.05, 0) is 28.9 Å². The third-order valence-corrected chi connectivity index (χ3v) is 5.02. The number of rotatable bonds is 5. The first-order chi connectivity index (χ1) is 13.7. The summed E-state index contributed by atoms with van der Waals surface area (Å²) in [6.45, 7) is 0.541. The number of fused-ring (bicyclic) bond motifs is 1. The van der Waals surface area contributed by atoms with Crippen molar-refractivity contribution in [1.29, 1.82) is 0 Å². The number of aliphatic hydroxyl groups is 2. The smallest absolute Gasteiger partial charge is 0.163 e. The van der Waals surface area contributed by atoms with Crippen LogP contribution in [0.1, 0.15) is 29.2 Å². The van der Waals surface area contributed by atoms with Gasteiger partial charge in [0.1, 0.15) is 24.6 Å². The van der Waals surface area contributed by atoms with Crippen molar-refractivity contribution in [2.24, 2.45) is 5.73 Å². The summed E-state index contributed by atoms with van der Waals surface area (Å²) in [4.78, 5) is 0. The molecule has 6 heteroatoms. The van der Waals surface area contributed by atoms with E-state index in [0.717, 1.165) is 22.3 Å². The largest absolute Gasteiger partial charge is 0.506 e. The first-order valence-electron chi connectivity index (χ1n) is 9.31. The van der Waals surface area contributed by atoms with E-state index in [-0.39, 0.29) is 36.6 Å². The van der Waals surface area contributed by atoms with Gasteiger partial charge >= 0.3 is 0 Å². The molecule has 4 N–H and O–H groups in total. The number of halogens is 1. The molecule has 0 fully saturated rings. The van der Waals surface area contributed by atoms with Crippen LogP contribution in [-0.2, 0) is 9.47 Å². The minimum atomic E-state index is -0.641. The van der Waals surface area contributed by atoms with Crippen LogP contribution in [0.5, 0.6) is 0 Å². The van der Waals surface area contributed by atoms with Crippen LogP contribution in [0.25, 0.3) is 11.6 Å². The van der Waals surface area contributed by atoms with E-state index in [2.05, 4.69) is 0 Å². The van der Waals surface area contributed by atoms with Crippen LogP contribution in [0.2, 0.25) is 0 Å². The molecule has 2 atom stereocenters. The molecule has 2 aromatic carbocycles. The molecule has 2 aromatic rings. The molecule has 0 spiro atoms. The molecule has 4 rings (SSSR count). The fraction of sp³-hybridized carbons (Fsp3) is 0.217. The van der Waals surface area contributed by atoms with Gasteiger partial charge in [0.05, 0.1) is 0 Å². The van der Waals surface area contributed by atoms with Crippen molar-refractivity contribution in [3.8, 4) is 0 Å². The summed E-state index contributed by atoms with van der Waals surface area (Å²) in [6.07, 6.45) is 3.12. The molecular formula is C23H24ClNO4. The minimum Gasteiger partial charge on any atom is -0.506 e. The Morgan fingerprint density at radius 2 is 1.72 bits per heavy atom. The van der Waals surface area contributed by atoms with E-state index in [1.54, 1.807) is 6.08 Å². The average molecular weight is 414 g/mol. The highest BCUT2D eigenvalue weighted by atomic mass is 35.5. The van der Waals surface area contributed by atoms with Crippen LogP contribution in [0.3, 0.4) is 0 Å². The Kier molecular flexibility index (Phi) is 6.64. The first-order valence-corrected chi connectivity index (χ1v) is 9.31. The second kappa shape index (κ2) is 9.18. The molecule has 0 radical (unpaired) electrons. The Morgan fingerprint density at radius 1 is 1.00 bits per heavy atom. The van der Waals surface area contributed by atoms with Crippen molar-refractivity contribution in [2.45, 2.75) is 18.6 Å². The zero-order valence-electron chi connectivity index (χ0n) is 15.8. The van der Waals surface area contributed by atoms with E-state index < -0.39 is 6.10 Å². The Balaban J connectivity index is 0.00000240. The lowest BCUT2D eigenvalue weighted by molar-refractivity contribution is 0.0186. The number of allylic oxidation sites excluding steroid dienone is 1. The number of hydrogen-bond donors (Lipinski definition) is 3. The molecule has 0 saturated heterocycles. The van der Waals surface area contributed by atoms with Gasteiger partial charge in [-0.1, -0.05) is 54.6 Å². The molecule has 2 unspecified atom stereocenters. The normalized spacial score (nSPS) is 20.7. The highest BCUT2D eigenvalue weighted by Gasteiger charge is 2.27. The fourth-order valence-corrected chi connectivity index (χ4v) is 3.57. The van der Waals surface area contributed by atoms with Crippen molar-refractivity contribution in [3.63, 3.8) is 0 Å². The highest BCUT2D eigenvalue weighted by molar-refractivity contribution is 5.85. The topological polar surface area (TPSA) is 84.9 Å². The van der Waals surface area contributed by atoms with Crippen molar-refractivity contribution >= 4 is 24.1 Å². The van der Waals surface area contributed by atoms with Crippen molar-refractivity contribution in [3.05, 3.63) is 94.6 Å². The van der Waals surface area contributed by atoms with Crippen LogP contribution in [-0.4, -0.2) is 29.5 Å². The molecule has 2 aliphatic rings. The molecule has 0 aromatic heterocycles. The molecule has 5 nitrogen and oxygen atoms in total. The SMILES string of the molecule is Cl.NCC1OC(COC2CC(c3ccccc3)=CC(O)=C2O)=Cc2ccccc21. The minimum absolute atomic E-state index is 0. The Bertz CT molecular complexity index is 952. The van der Waals surface area contributed by atoms with Crippen LogP contribution >= 0.6 is 12.4 Å². The van der Waals surface area contributed by atoms with E-state index in [4.69, 9.17) is 15.2 Å². The predicted molar refractivity (Wildman–Crippen MR) is 116 cm³/mol. The molecule has 152 valence electrons. The summed E-state index contributed by atoms with van der Waals surface area (Å²) < 4.78 is 11.9.